The largest absolute Gasteiger partial charge is 0.493 e. The van der Waals surface area contributed by atoms with E-state index in [1.807, 2.05) is 26.0 Å². The van der Waals surface area contributed by atoms with E-state index in [0.717, 1.165) is 5.56 Å². The second kappa shape index (κ2) is 11.4. The Kier molecular flexibility index (Phi) is 8.18. The lowest BCUT2D eigenvalue weighted by Gasteiger charge is -2.25. The summed E-state index contributed by atoms with van der Waals surface area (Å²) >= 11 is 7.23. The van der Waals surface area contributed by atoms with E-state index in [-0.39, 0.29) is 35.2 Å². The molecule has 1 atom stereocenters. The Hall–Kier alpha value is -3.69. The highest BCUT2D eigenvalue weighted by molar-refractivity contribution is 7.07. The third-order valence-electron chi connectivity index (χ3n) is 5.71. The van der Waals surface area contributed by atoms with Gasteiger partial charge >= 0.3 is 11.9 Å². The van der Waals surface area contributed by atoms with Gasteiger partial charge in [-0.2, -0.15) is 0 Å². The molecule has 2 heterocycles. The molecule has 0 bridgehead atoms. The summed E-state index contributed by atoms with van der Waals surface area (Å²) in [4.78, 5) is 43.7. The van der Waals surface area contributed by atoms with E-state index in [2.05, 4.69) is 4.99 Å². The van der Waals surface area contributed by atoms with Crippen LogP contribution < -0.4 is 24.4 Å². The van der Waals surface area contributed by atoms with Crippen molar-refractivity contribution in [1.82, 2.24) is 4.57 Å². The molecule has 38 heavy (non-hydrogen) atoms. The highest BCUT2D eigenvalue weighted by Gasteiger charge is 2.34. The maximum Gasteiger partial charge on any atom is 0.338 e. The zero-order valence-electron chi connectivity index (χ0n) is 21.6. The average molecular weight is 555 g/mol. The van der Waals surface area contributed by atoms with Gasteiger partial charge in [-0.25, -0.2) is 9.79 Å². The first-order chi connectivity index (χ1) is 18.1. The Morgan fingerprint density at radius 1 is 1.16 bits per heavy atom. The van der Waals surface area contributed by atoms with Gasteiger partial charge in [0.25, 0.3) is 5.56 Å². The zero-order chi connectivity index (χ0) is 27.6. The highest BCUT2D eigenvalue weighted by Crippen LogP contribution is 2.36. The Bertz CT molecular complexity index is 1600. The minimum absolute atomic E-state index is 0.127. The summed E-state index contributed by atoms with van der Waals surface area (Å²) in [5.41, 5.74) is 1.77. The van der Waals surface area contributed by atoms with Gasteiger partial charge in [0.15, 0.2) is 16.3 Å². The number of hydrogen-bond acceptors (Lipinski definition) is 8. The molecule has 0 radical (unpaired) electrons. The van der Waals surface area contributed by atoms with Crippen LogP contribution in [0.3, 0.4) is 0 Å². The second-order valence-electron chi connectivity index (χ2n) is 9.13. The molecule has 198 valence electrons. The number of hydrogen-bond donors (Lipinski definition) is 0. The second-order valence-corrected chi connectivity index (χ2v) is 10.6. The summed E-state index contributed by atoms with van der Waals surface area (Å²) in [6.45, 7) is 7.12. The first-order valence-electron chi connectivity index (χ1n) is 11.9. The molecule has 2 aromatic carbocycles. The number of carbonyl (C=O) groups is 2. The topological polar surface area (TPSA) is 96.2 Å². The van der Waals surface area contributed by atoms with Crippen LogP contribution in [0.1, 0.15) is 44.9 Å². The van der Waals surface area contributed by atoms with Crippen molar-refractivity contribution in [1.29, 1.82) is 0 Å². The fourth-order valence-corrected chi connectivity index (χ4v) is 5.19. The lowest BCUT2D eigenvalue weighted by molar-refractivity contribution is -0.140. The number of halogens is 1. The van der Waals surface area contributed by atoms with Gasteiger partial charge < -0.3 is 14.2 Å². The van der Waals surface area contributed by atoms with Gasteiger partial charge in [0.05, 0.1) is 35.6 Å². The van der Waals surface area contributed by atoms with Gasteiger partial charge in [-0.3, -0.25) is 14.2 Å². The van der Waals surface area contributed by atoms with Gasteiger partial charge in [-0.1, -0.05) is 55.0 Å². The van der Waals surface area contributed by atoms with Crippen LogP contribution in [0.4, 0.5) is 0 Å². The average Bonchev–Trinajstić information content (AvgIpc) is 3.17. The predicted molar refractivity (Wildman–Crippen MR) is 145 cm³/mol. The molecule has 0 saturated heterocycles. The van der Waals surface area contributed by atoms with Crippen LogP contribution in [0, 0.1) is 5.92 Å². The molecule has 4 rings (SSSR count). The third-order valence-corrected chi connectivity index (χ3v) is 6.95. The molecule has 0 fully saturated rings. The van der Waals surface area contributed by atoms with Crippen LogP contribution in [0.25, 0.3) is 6.08 Å². The Labute approximate surface area is 228 Å². The minimum Gasteiger partial charge on any atom is -0.493 e. The van der Waals surface area contributed by atoms with Gasteiger partial charge in [0, 0.05) is 11.9 Å². The Morgan fingerprint density at radius 2 is 1.87 bits per heavy atom. The maximum absolute atomic E-state index is 13.8. The molecule has 8 nitrogen and oxygen atoms in total. The number of carbonyl (C=O) groups excluding carboxylic acids is 2. The molecular weight excluding hydrogens is 528 g/mol. The van der Waals surface area contributed by atoms with E-state index in [4.69, 9.17) is 25.8 Å². The van der Waals surface area contributed by atoms with E-state index < -0.39 is 18.0 Å². The summed E-state index contributed by atoms with van der Waals surface area (Å²) in [6.07, 6.45) is 1.76. The molecule has 1 aliphatic heterocycles. The normalized spacial score (nSPS) is 15.2. The predicted octanol–water partition coefficient (Wildman–Crippen LogP) is 4.02. The number of rotatable bonds is 7. The Balaban J connectivity index is 1.92. The quantitative estimate of drug-likeness (QED) is 0.323. The molecule has 0 spiro atoms. The highest BCUT2D eigenvalue weighted by atomic mass is 35.5. The minimum atomic E-state index is -0.835. The summed E-state index contributed by atoms with van der Waals surface area (Å²) < 4.78 is 18.2. The fraction of sp³-hybridized carbons (Fsp3) is 0.286. The molecule has 0 saturated carbocycles. The standard InChI is InChI=1S/C28H27ClN2O6S/c1-15(2)14-36-27(34)24-16(3)30-28-31(26(33)23(38-28)12-18-6-9-20(29)10-7-18)25(24)19-8-11-21(37-17(4)32)22(13-19)35-5/h6-13,15,25H,14H2,1-5H3/b23-12+/t25-/m0/s1. The zero-order valence-corrected chi connectivity index (χ0v) is 23.2. The van der Waals surface area contributed by atoms with Crippen LogP contribution in [0.2, 0.25) is 5.02 Å². The molecular formula is C28H27ClN2O6S. The summed E-state index contributed by atoms with van der Waals surface area (Å²) in [6, 6.07) is 11.2. The number of esters is 2. The monoisotopic (exact) mass is 554 g/mol. The molecule has 0 N–H and O–H groups in total. The van der Waals surface area contributed by atoms with Crippen molar-refractivity contribution in [3.63, 3.8) is 0 Å². The lowest BCUT2D eigenvalue weighted by Crippen LogP contribution is -2.40. The summed E-state index contributed by atoms with van der Waals surface area (Å²) in [7, 11) is 1.45. The van der Waals surface area contributed by atoms with Gasteiger partial charge in [0.1, 0.15) is 0 Å². The van der Waals surface area contributed by atoms with Crippen molar-refractivity contribution < 1.29 is 23.8 Å². The number of thiazole rings is 1. The van der Waals surface area contributed by atoms with E-state index in [1.54, 1.807) is 43.3 Å². The number of aromatic nitrogens is 1. The molecule has 0 amide bonds. The number of ether oxygens (including phenoxy) is 3. The van der Waals surface area contributed by atoms with Gasteiger partial charge in [-0.05, 0) is 54.3 Å². The number of methoxy groups -OCH3 is 1. The molecule has 3 aromatic rings. The number of allylic oxidation sites excluding steroid dienone is 1. The van der Waals surface area contributed by atoms with Crippen molar-refractivity contribution >= 4 is 41.0 Å². The smallest absolute Gasteiger partial charge is 0.338 e. The van der Waals surface area contributed by atoms with Crippen LogP contribution in [0.5, 0.6) is 11.5 Å². The van der Waals surface area contributed by atoms with E-state index in [9.17, 15) is 14.4 Å². The van der Waals surface area contributed by atoms with Crippen LogP contribution in [-0.4, -0.2) is 30.2 Å². The van der Waals surface area contributed by atoms with E-state index >= 15 is 0 Å². The lowest BCUT2D eigenvalue weighted by atomic mass is 9.95. The van der Waals surface area contributed by atoms with E-state index in [1.165, 1.54) is 29.9 Å². The van der Waals surface area contributed by atoms with E-state index in [0.29, 0.717) is 25.6 Å². The number of nitrogens with zero attached hydrogens (tertiary/aromatic N) is 2. The van der Waals surface area contributed by atoms with Gasteiger partial charge in [-0.15, -0.1) is 0 Å². The van der Waals surface area contributed by atoms with Crippen molar-refractivity contribution in [3.8, 4) is 11.5 Å². The van der Waals surface area contributed by atoms with Gasteiger partial charge in [0.2, 0.25) is 0 Å². The Morgan fingerprint density at radius 3 is 2.50 bits per heavy atom. The van der Waals surface area contributed by atoms with Crippen molar-refractivity contribution in [2.45, 2.75) is 33.7 Å². The first-order valence-corrected chi connectivity index (χ1v) is 13.1. The molecule has 10 heteroatoms. The SMILES string of the molecule is COc1cc([C@H]2C(C(=O)OCC(C)C)=C(C)N=c3s/c(=C/c4ccc(Cl)cc4)c(=O)n32)ccc1OC(C)=O. The first kappa shape index (κ1) is 27.3. The van der Waals surface area contributed by atoms with Crippen molar-refractivity contribution in [2.75, 3.05) is 13.7 Å². The van der Waals surface area contributed by atoms with Crippen LogP contribution in [0.15, 0.2) is 63.5 Å². The molecule has 1 aromatic heterocycles. The molecule has 0 aliphatic carbocycles. The molecule has 1 aliphatic rings. The maximum atomic E-state index is 13.8. The van der Waals surface area contributed by atoms with Crippen molar-refractivity contribution in [2.24, 2.45) is 10.9 Å². The molecule has 0 unspecified atom stereocenters. The van der Waals surface area contributed by atoms with Crippen molar-refractivity contribution in [3.05, 3.63) is 89.6 Å². The number of benzene rings is 2. The number of fused-ring (bicyclic) bond motifs is 1. The summed E-state index contributed by atoms with van der Waals surface area (Å²) in [5, 5.41) is 0.593. The van der Waals surface area contributed by atoms with Crippen LogP contribution >= 0.6 is 22.9 Å². The fourth-order valence-electron chi connectivity index (χ4n) is 4.02. The van der Waals surface area contributed by atoms with Crippen LogP contribution in [-0.2, 0) is 14.3 Å². The summed E-state index contributed by atoms with van der Waals surface area (Å²) in [5.74, 6) is -0.420. The third kappa shape index (κ3) is 5.74.